The quantitative estimate of drug-likeness (QED) is 0.391. The Hall–Kier alpha value is -1.32. The zero-order valence-electron chi connectivity index (χ0n) is 18.2. The van der Waals surface area contributed by atoms with E-state index in [9.17, 15) is 9.59 Å². The van der Waals surface area contributed by atoms with Gasteiger partial charge in [-0.3, -0.25) is 15.0 Å². The van der Waals surface area contributed by atoms with E-state index in [1.807, 2.05) is 4.90 Å². The summed E-state index contributed by atoms with van der Waals surface area (Å²) in [6, 6.07) is 0.0507. The van der Waals surface area contributed by atoms with Crippen molar-refractivity contribution in [2.24, 2.45) is 11.8 Å². The van der Waals surface area contributed by atoms with Gasteiger partial charge in [0.2, 0.25) is 0 Å². The van der Waals surface area contributed by atoms with Crippen molar-refractivity contribution >= 4 is 40.2 Å². The van der Waals surface area contributed by atoms with Crippen molar-refractivity contribution in [3.63, 3.8) is 0 Å². The van der Waals surface area contributed by atoms with Crippen molar-refractivity contribution in [3.05, 3.63) is 6.20 Å². The summed E-state index contributed by atoms with van der Waals surface area (Å²) >= 11 is 2.54. The maximum Gasteiger partial charge on any atom is 0.326 e. The molecule has 31 heavy (non-hydrogen) atoms. The van der Waals surface area contributed by atoms with Crippen LogP contribution in [-0.4, -0.2) is 51.6 Å². The van der Waals surface area contributed by atoms with Crippen molar-refractivity contribution < 1.29 is 19.4 Å². The lowest BCUT2D eigenvalue weighted by Gasteiger charge is -2.50. The summed E-state index contributed by atoms with van der Waals surface area (Å²) in [7, 11) is 1.75. The molecule has 1 heterocycles. The van der Waals surface area contributed by atoms with Crippen LogP contribution in [0.5, 0.6) is 0 Å². The zero-order valence-corrected chi connectivity index (χ0v) is 19.8. The molecule has 1 aromatic rings. The van der Waals surface area contributed by atoms with E-state index in [2.05, 4.69) is 10.3 Å². The molecule has 0 radical (unpaired) electrons. The van der Waals surface area contributed by atoms with Crippen molar-refractivity contribution in [1.29, 1.82) is 0 Å². The van der Waals surface area contributed by atoms with Gasteiger partial charge in [0.05, 0.1) is 16.2 Å². The number of carbonyl (C=O) groups excluding carboxylic acids is 1. The predicted octanol–water partition coefficient (Wildman–Crippen LogP) is 5.43. The van der Waals surface area contributed by atoms with Gasteiger partial charge in [0.25, 0.3) is 0 Å². The van der Waals surface area contributed by atoms with Gasteiger partial charge in [-0.25, -0.2) is 9.78 Å². The van der Waals surface area contributed by atoms with E-state index in [0.29, 0.717) is 5.13 Å². The Morgan fingerprint density at radius 2 is 1.87 bits per heavy atom. The van der Waals surface area contributed by atoms with Crippen molar-refractivity contribution in [3.8, 4) is 0 Å². The first-order chi connectivity index (χ1) is 15.0. The van der Waals surface area contributed by atoms with Crippen molar-refractivity contribution in [1.82, 2.24) is 9.88 Å². The molecule has 3 aliphatic carbocycles. The molecule has 2 N–H and O–H groups in total. The maximum atomic E-state index is 13.6. The Morgan fingerprint density at radius 1 is 1.19 bits per heavy atom. The molecule has 4 rings (SSSR count). The van der Waals surface area contributed by atoms with Crippen LogP contribution in [0.4, 0.5) is 9.93 Å². The lowest BCUT2D eigenvalue weighted by Crippen LogP contribution is -2.60. The minimum Gasteiger partial charge on any atom is -0.481 e. The largest absolute Gasteiger partial charge is 0.481 e. The molecule has 0 unspecified atom stereocenters. The standard InChI is InChI=1S/C22H33N3O4S2/c1-29-22(11-9-16(10-12-22)15-7-8-15)25(17-5-3-2-4-6-17)21(28)24-20-23-13-19(31-20)30-14-18(26)27/h13,15-17H,2-12,14H2,1H3,(H,26,27)(H,23,24,28). The van der Waals surface area contributed by atoms with E-state index in [4.69, 9.17) is 9.84 Å². The van der Waals surface area contributed by atoms with E-state index in [-0.39, 0.29) is 17.8 Å². The summed E-state index contributed by atoms with van der Waals surface area (Å²) in [4.78, 5) is 30.7. The Balaban J connectivity index is 1.48. The molecule has 3 aliphatic rings. The number of amides is 2. The van der Waals surface area contributed by atoms with Gasteiger partial charge < -0.3 is 9.84 Å². The highest BCUT2D eigenvalue weighted by Crippen LogP contribution is 2.48. The van der Waals surface area contributed by atoms with Gasteiger partial charge in [-0.15, -0.1) is 11.8 Å². The third kappa shape index (κ3) is 5.54. The molecule has 0 atom stereocenters. The first-order valence-corrected chi connectivity index (χ1v) is 13.3. The summed E-state index contributed by atoms with van der Waals surface area (Å²) < 4.78 is 6.94. The minimum atomic E-state index is -0.865. The molecule has 3 fully saturated rings. The number of thioether (sulfide) groups is 1. The zero-order chi connectivity index (χ0) is 21.8. The van der Waals surface area contributed by atoms with Gasteiger partial charge >= 0.3 is 12.0 Å². The molecular formula is C22H33N3O4S2. The lowest BCUT2D eigenvalue weighted by molar-refractivity contribution is -0.156. The van der Waals surface area contributed by atoms with E-state index in [1.54, 1.807) is 13.3 Å². The summed E-state index contributed by atoms with van der Waals surface area (Å²) in [6.45, 7) is 0. The topological polar surface area (TPSA) is 91.8 Å². The third-order valence-electron chi connectivity index (χ3n) is 7.11. The average Bonchev–Trinajstić information content (AvgIpc) is 3.53. The van der Waals surface area contributed by atoms with Crippen molar-refractivity contribution in [2.45, 2.75) is 86.6 Å². The number of carbonyl (C=O) groups is 2. The van der Waals surface area contributed by atoms with Crippen LogP contribution in [0.2, 0.25) is 0 Å². The van der Waals surface area contributed by atoms with Crippen LogP contribution < -0.4 is 5.32 Å². The number of thiazole rings is 1. The van der Waals surface area contributed by atoms with Gasteiger partial charge in [-0.1, -0.05) is 30.6 Å². The van der Waals surface area contributed by atoms with Gasteiger partial charge in [-0.05, 0) is 63.2 Å². The number of anilines is 1. The number of aliphatic carboxylic acids is 1. The minimum absolute atomic E-state index is 0.0152. The fourth-order valence-corrected chi connectivity index (χ4v) is 6.95. The number of methoxy groups -OCH3 is 1. The second kappa shape index (κ2) is 10.1. The van der Waals surface area contributed by atoms with Crippen LogP contribution in [0.3, 0.4) is 0 Å². The summed E-state index contributed by atoms with van der Waals surface area (Å²) in [5, 5.41) is 12.4. The number of nitrogens with zero attached hydrogens (tertiary/aromatic N) is 2. The van der Waals surface area contributed by atoms with Crippen LogP contribution in [0.25, 0.3) is 0 Å². The van der Waals surface area contributed by atoms with Crippen LogP contribution in [0.1, 0.15) is 70.6 Å². The Kier molecular flexibility index (Phi) is 7.44. The van der Waals surface area contributed by atoms with Gasteiger partial charge in [0.1, 0.15) is 5.72 Å². The molecule has 172 valence electrons. The first-order valence-electron chi connectivity index (χ1n) is 11.5. The molecule has 0 aromatic carbocycles. The summed E-state index contributed by atoms with van der Waals surface area (Å²) in [5.74, 6) is 0.797. The second-order valence-corrected chi connectivity index (χ2v) is 11.4. The highest BCUT2D eigenvalue weighted by molar-refractivity contribution is 8.01. The van der Waals surface area contributed by atoms with Crippen LogP contribution in [0, 0.1) is 11.8 Å². The smallest absolute Gasteiger partial charge is 0.326 e. The van der Waals surface area contributed by atoms with Crippen LogP contribution >= 0.6 is 23.1 Å². The average molecular weight is 468 g/mol. The molecular weight excluding hydrogens is 434 g/mol. The highest BCUT2D eigenvalue weighted by atomic mass is 32.2. The van der Waals surface area contributed by atoms with Crippen molar-refractivity contribution in [2.75, 3.05) is 18.2 Å². The number of carboxylic acids is 1. The van der Waals surface area contributed by atoms with Gasteiger partial charge in [0, 0.05) is 13.2 Å². The molecule has 0 bridgehead atoms. The number of carboxylic acid groups (broad SMARTS) is 1. The molecule has 0 saturated heterocycles. The Morgan fingerprint density at radius 3 is 2.48 bits per heavy atom. The third-order valence-corrected chi connectivity index (χ3v) is 9.21. The Bertz CT molecular complexity index is 769. The molecule has 2 amide bonds. The summed E-state index contributed by atoms with van der Waals surface area (Å²) in [5.41, 5.74) is -0.546. The molecule has 7 nitrogen and oxygen atoms in total. The maximum absolute atomic E-state index is 13.6. The molecule has 1 aromatic heterocycles. The highest BCUT2D eigenvalue weighted by Gasteiger charge is 2.48. The number of rotatable bonds is 8. The number of hydrogen-bond donors (Lipinski definition) is 2. The molecule has 0 spiro atoms. The predicted molar refractivity (Wildman–Crippen MR) is 123 cm³/mol. The number of hydrogen-bond acceptors (Lipinski definition) is 6. The van der Waals surface area contributed by atoms with E-state index in [0.717, 1.165) is 67.4 Å². The van der Waals surface area contributed by atoms with E-state index >= 15 is 0 Å². The van der Waals surface area contributed by atoms with Gasteiger partial charge in [-0.2, -0.15) is 0 Å². The number of urea groups is 1. The fourth-order valence-electron chi connectivity index (χ4n) is 5.36. The molecule has 3 saturated carbocycles. The fraction of sp³-hybridized carbons (Fsp3) is 0.773. The second-order valence-electron chi connectivity index (χ2n) is 9.08. The van der Waals surface area contributed by atoms with E-state index < -0.39 is 11.7 Å². The molecule has 0 aliphatic heterocycles. The summed E-state index contributed by atoms with van der Waals surface area (Å²) in [6.07, 6.45) is 14.0. The van der Waals surface area contributed by atoms with Crippen LogP contribution in [-0.2, 0) is 9.53 Å². The van der Waals surface area contributed by atoms with E-state index in [1.165, 1.54) is 42.4 Å². The monoisotopic (exact) mass is 467 g/mol. The van der Waals surface area contributed by atoms with Gasteiger partial charge in [0.15, 0.2) is 5.13 Å². The lowest BCUT2D eigenvalue weighted by atomic mass is 9.79. The SMILES string of the molecule is COC1(N(C(=O)Nc2ncc(SCC(=O)O)s2)C2CCCCC2)CCC(C2CC2)CC1. The normalized spacial score (nSPS) is 27.1. The molecule has 9 heteroatoms. The number of ether oxygens (including phenoxy) is 1. The number of aromatic nitrogens is 1. The first kappa shape index (κ1) is 22.9. The number of nitrogens with one attached hydrogen (secondary N) is 1. The Labute approximate surface area is 192 Å². The van der Waals surface area contributed by atoms with Crippen LogP contribution in [0.15, 0.2) is 10.4 Å².